The van der Waals surface area contributed by atoms with Crippen LogP contribution in [0.2, 0.25) is 0 Å². The first kappa shape index (κ1) is 18.0. The van der Waals surface area contributed by atoms with E-state index >= 15 is 0 Å². The average molecular weight is 392 g/mol. The second-order valence-electron chi connectivity index (χ2n) is 7.97. The summed E-state index contributed by atoms with van der Waals surface area (Å²) in [6.45, 7) is 2.26. The summed E-state index contributed by atoms with van der Waals surface area (Å²) in [5.74, 6) is 2.13. The van der Waals surface area contributed by atoms with Crippen molar-refractivity contribution in [3.05, 3.63) is 52.0 Å². The fourth-order valence-corrected chi connectivity index (χ4v) is 4.61. The van der Waals surface area contributed by atoms with Crippen LogP contribution in [0.5, 0.6) is 0 Å². The van der Waals surface area contributed by atoms with Crippen molar-refractivity contribution in [2.24, 2.45) is 0 Å². The molecule has 2 aliphatic heterocycles. The number of hydrogen-bond donors (Lipinski definition) is 1. The molecule has 8 nitrogen and oxygen atoms in total. The van der Waals surface area contributed by atoms with Crippen molar-refractivity contribution in [2.75, 3.05) is 13.1 Å². The SMILES string of the molecule is O=C(c1n[nH]c(=O)c2ccccc12)N1CCCC(c2nnc3n2CCCCC3)C1. The smallest absolute Gasteiger partial charge is 0.274 e. The number of nitrogens with one attached hydrogen (secondary N) is 1. The average Bonchev–Trinajstić information content (AvgIpc) is 3.02. The summed E-state index contributed by atoms with van der Waals surface area (Å²) in [6, 6.07) is 7.12. The molecule has 0 saturated carbocycles. The zero-order chi connectivity index (χ0) is 19.8. The maximum Gasteiger partial charge on any atom is 0.274 e. The van der Waals surface area contributed by atoms with Gasteiger partial charge in [-0.2, -0.15) is 5.10 Å². The number of hydrogen-bond acceptors (Lipinski definition) is 5. The number of benzene rings is 1. The van der Waals surface area contributed by atoms with Gasteiger partial charge in [0.2, 0.25) is 0 Å². The van der Waals surface area contributed by atoms with Crippen molar-refractivity contribution in [2.45, 2.75) is 51.0 Å². The monoisotopic (exact) mass is 392 g/mol. The van der Waals surface area contributed by atoms with E-state index in [1.165, 1.54) is 12.8 Å². The molecule has 4 heterocycles. The van der Waals surface area contributed by atoms with Crippen molar-refractivity contribution >= 4 is 16.7 Å². The number of likely N-dealkylation sites (tertiary alicyclic amines) is 1. The molecule has 1 unspecified atom stereocenters. The van der Waals surface area contributed by atoms with Crippen LogP contribution in [0.25, 0.3) is 10.8 Å². The number of fused-ring (bicyclic) bond motifs is 2. The number of amides is 1. The zero-order valence-corrected chi connectivity index (χ0v) is 16.3. The number of H-pyrrole nitrogens is 1. The third-order valence-corrected chi connectivity index (χ3v) is 6.11. The van der Waals surface area contributed by atoms with Crippen molar-refractivity contribution in [1.29, 1.82) is 0 Å². The maximum absolute atomic E-state index is 13.3. The standard InChI is InChI=1S/C21H24N6O2/c28-20-16-9-4-3-8-15(16)18(23-25-20)21(29)26-11-6-7-14(13-26)19-24-22-17-10-2-1-5-12-27(17)19/h3-4,8-9,14H,1-2,5-7,10-13H2,(H,25,28). The van der Waals surface area contributed by atoms with Crippen LogP contribution in [0.4, 0.5) is 0 Å². The van der Waals surface area contributed by atoms with E-state index in [0.29, 0.717) is 29.6 Å². The summed E-state index contributed by atoms with van der Waals surface area (Å²) in [6.07, 6.45) is 6.44. The number of nitrogens with zero attached hydrogens (tertiary/aromatic N) is 5. The lowest BCUT2D eigenvalue weighted by Gasteiger charge is -2.32. The number of aryl methyl sites for hydroxylation is 1. The Morgan fingerprint density at radius 1 is 1.03 bits per heavy atom. The quantitative estimate of drug-likeness (QED) is 0.722. The van der Waals surface area contributed by atoms with Crippen molar-refractivity contribution in [1.82, 2.24) is 29.9 Å². The summed E-state index contributed by atoms with van der Waals surface area (Å²) in [4.78, 5) is 27.2. The van der Waals surface area contributed by atoms with Gasteiger partial charge in [0.25, 0.3) is 11.5 Å². The molecule has 1 N–H and O–H groups in total. The molecule has 1 fully saturated rings. The molecule has 1 aromatic carbocycles. The van der Waals surface area contributed by atoms with Crippen LogP contribution >= 0.6 is 0 Å². The summed E-state index contributed by atoms with van der Waals surface area (Å²) in [7, 11) is 0. The highest BCUT2D eigenvalue weighted by molar-refractivity contribution is 6.04. The Balaban J connectivity index is 1.43. The van der Waals surface area contributed by atoms with E-state index in [1.807, 2.05) is 11.0 Å². The van der Waals surface area contributed by atoms with Crippen molar-refractivity contribution in [3.63, 3.8) is 0 Å². The molecule has 0 aliphatic carbocycles. The minimum Gasteiger partial charge on any atom is -0.337 e. The summed E-state index contributed by atoms with van der Waals surface area (Å²) in [5, 5.41) is 16.6. The molecule has 2 aromatic heterocycles. The molecule has 1 saturated heterocycles. The third-order valence-electron chi connectivity index (χ3n) is 6.11. The predicted octanol–water partition coefficient (Wildman–Crippen LogP) is 2.26. The van der Waals surface area contributed by atoms with Gasteiger partial charge >= 0.3 is 0 Å². The van der Waals surface area contributed by atoms with E-state index in [4.69, 9.17) is 0 Å². The number of piperidine rings is 1. The number of rotatable bonds is 2. The Bertz CT molecular complexity index is 1120. The van der Waals surface area contributed by atoms with Gasteiger partial charge in [-0.15, -0.1) is 10.2 Å². The van der Waals surface area contributed by atoms with Gasteiger partial charge in [0.05, 0.1) is 5.39 Å². The highest BCUT2D eigenvalue weighted by Crippen LogP contribution is 2.29. The Hall–Kier alpha value is -3.03. The second-order valence-corrected chi connectivity index (χ2v) is 7.97. The van der Waals surface area contributed by atoms with Crippen LogP contribution in [0, 0.1) is 0 Å². The minimum absolute atomic E-state index is 0.141. The molecule has 0 bridgehead atoms. The van der Waals surface area contributed by atoms with E-state index in [-0.39, 0.29) is 17.4 Å². The summed E-state index contributed by atoms with van der Waals surface area (Å²) < 4.78 is 2.28. The highest BCUT2D eigenvalue weighted by atomic mass is 16.2. The first-order valence-electron chi connectivity index (χ1n) is 10.4. The molecule has 1 amide bonds. The van der Waals surface area contributed by atoms with Gasteiger partial charge < -0.3 is 9.47 Å². The molecular weight excluding hydrogens is 368 g/mol. The molecule has 0 spiro atoms. The Morgan fingerprint density at radius 2 is 1.90 bits per heavy atom. The van der Waals surface area contributed by atoms with Crippen LogP contribution < -0.4 is 5.56 Å². The zero-order valence-electron chi connectivity index (χ0n) is 16.3. The highest BCUT2D eigenvalue weighted by Gasteiger charge is 2.31. The fraction of sp³-hybridized carbons (Fsp3) is 0.476. The van der Waals surface area contributed by atoms with Crippen LogP contribution in [-0.2, 0) is 13.0 Å². The predicted molar refractivity (Wildman–Crippen MR) is 108 cm³/mol. The molecule has 150 valence electrons. The van der Waals surface area contributed by atoms with Crippen molar-refractivity contribution in [3.8, 4) is 0 Å². The summed E-state index contributed by atoms with van der Waals surface area (Å²) in [5.41, 5.74) is 0.0285. The molecule has 1 atom stereocenters. The molecule has 0 radical (unpaired) electrons. The minimum atomic E-state index is -0.278. The fourth-order valence-electron chi connectivity index (χ4n) is 4.61. The van der Waals surface area contributed by atoms with E-state index in [0.717, 1.165) is 43.9 Å². The van der Waals surface area contributed by atoms with Crippen LogP contribution in [0.15, 0.2) is 29.1 Å². The second kappa shape index (κ2) is 7.42. The lowest BCUT2D eigenvalue weighted by atomic mass is 9.96. The molecule has 5 rings (SSSR count). The number of carbonyl (C=O) groups excluding carboxylic acids is 1. The van der Waals surface area contributed by atoms with Gasteiger partial charge in [-0.1, -0.05) is 24.6 Å². The molecule has 29 heavy (non-hydrogen) atoms. The van der Waals surface area contributed by atoms with E-state index in [9.17, 15) is 9.59 Å². The molecule has 8 heteroatoms. The maximum atomic E-state index is 13.3. The lowest BCUT2D eigenvalue weighted by Crippen LogP contribution is -2.40. The first-order valence-corrected chi connectivity index (χ1v) is 10.4. The van der Waals surface area contributed by atoms with Crippen LogP contribution in [-0.4, -0.2) is 48.9 Å². The van der Waals surface area contributed by atoms with Gasteiger partial charge in [0.15, 0.2) is 5.69 Å². The summed E-state index contributed by atoms with van der Waals surface area (Å²) >= 11 is 0. The third kappa shape index (κ3) is 3.22. The number of aromatic amines is 1. The van der Waals surface area contributed by atoms with E-state index < -0.39 is 0 Å². The lowest BCUT2D eigenvalue weighted by molar-refractivity contribution is 0.0698. The molecule has 3 aromatic rings. The van der Waals surface area contributed by atoms with Crippen LogP contribution in [0.3, 0.4) is 0 Å². The molecular formula is C21H24N6O2. The number of aromatic nitrogens is 5. The Labute approximate surface area is 167 Å². The topological polar surface area (TPSA) is 96.8 Å². The van der Waals surface area contributed by atoms with Gasteiger partial charge in [-0.25, -0.2) is 5.10 Å². The van der Waals surface area contributed by atoms with E-state index in [1.54, 1.807) is 18.2 Å². The normalized spacial score (nSPS) is 19.7. The van der Waals surface area contributed by atoms with Gasteiger partial charge in [0, 0.05) is 37.4 Å². The Morgan fingerprint density at radius 3 is 2.79 bits per heavy atom. The van der Waals surface area contributed by atoms with E-state index in [2.05, 4.69) is 25.0 Å². The van der Waals surface area contributed by atoms with Gasteiger partial charge in [-0.05, 0) is 31.7 Å². The van der Waals surface area contributed by atoms with Gasteiger partial charge in [-0.3, -0.25) is 9.59 Å². The Kier molecular flexibility index (Phi) is 4.61. The first-order chi connectivity index (χ1) is 14.2. The van der Waals surface area contributed by atoms with Gasteiger partial charge in [0.1, 0.15) is 11.6 Å². The molecule has 2 aliphatic rings. The number of carbonyl (C=O) groups is 1. The van der Waals surface area contributed by atoms with Crippen LogP contribution in [0.1, 0.15) is 60.2 Å². The van der Waals surface area contributed by atoms with Crippen molar-refractivity contribution < 1.29 is 4.79 Å². The largest absolute Gasteiger partial charge is 0.337 e.